The third kappa shape index (κ3) is 4.81. The molecule has 0 atom stereocenters. The minimum atomic E-state index is -0.986. The molecule has 1 saturated heterocycles. The summed E-state index contributed by atoms with van der Waals surface area (Å²) in [6.07, 6.45) is 2.62. The number of imide groups is 1. The third-order valence-electron chi connectivity index (χ3n) is 5.84. The minimum absolute atomic E-state index is 0.268. The van der Waals surface area contributed by atoms with Gasteiger partial charge in [-0.2, -0.15) is 5.01 Å². The van der Waals surface area contributed by atoms with Crippen LogP contribution in [0.25, 0.3) is 11.0 Å². The molecule has 0 bridgehead atoms. The van der Waals surface area contributed by atoms with E-state index >= 15 is 0 Å². The number of fused-ring (bicyclic) bond motifs is 1. The second-order valence-electron chi connectivity index (χ2n) is 8.27. The number of nitrogens with one attached hydrogen (secondary N) is 2. The lowest BCUT2D eigenvalue weighted by Crippen LogP contribution is -2.52. The Kier molecular flexibility index (Phi) is 6.03. The number of rotatable bonds is 6. The van der Waals surface area contributed by atoms with Crippen molar-refractivity contribution in [1.82, 2.24) is 15.8 Å². The maximum absolute atomic E-state index is 12.7. The average molecular weight is 457 g/mol. The smallest absolute Gasteiger partial charge is 0.344 e. The Hall–Kier alpha value is -3.89. The lowest BCUT2D eigenvalue weighted by atomic mass is 9.77. The van der Waals surface area contributed by atoms with E-state index in [0.717, 1.165) is 12.8 Å². The number of ether oxygens (including phenoxy) is 2. The van der Waals surface area contributed by atoms with Crippen molar-refractivity contribution in [2.24, 2.45) is 5.92 Å². The highest BCUT2D eigenvalue weighted by Crippen LogP contribution is 2.35. The molecule has 11 nitrogen and oxygen atoms in total. The van der Waals surface area contributed by atoms with Gasteiger partial charge < -0.3 is 19.2 Å². The number of hydrogen-bond acceptors (Lipinski definition) is 8. The predicted octanol–water partition coefficient (Wildman–Crippen LogP) is 1.25. The van der Waals surface area contributed by atoms with Gasteiger partial charge in [0.1, 0.15) is 16.9 Å². The summed E-state index contributed by atoms with van der Waals surface area (Å²) in [4.78, 5) is 60.3. The van der Waals surface area contributed by atoms with Crippen LogP contribution in [0.5, 0.6) is 5.75 Å². The van der Waals surface area contributed by atoms with Crippen LogP contribution in [0, 0.1) is 5.92 Å². The summed E-state index contributed by atoms with van der Waals surface area (Å²) in [6, 6.07) is 6.88. The first-order valence-corrected chi connectivity index (χ1v) is 10.5. The standard InChI is InChI=1S/C22H23N3O8/c1-13-6-8-22(9-7-13)20(29)25(21(30)23-22)24-17(26)11-32-19(28)12-31-15-4-2-14-3-5-18(27)33-16(14)10-15/h2-5,10,13H,6-9,11-12H2,1H3,(H,23,30)(H,24,26). The van der Waals surface area contributed by atoms with Crippen molar-refractivity contribution in [2.75, 3.05) is 13.2 Å². The zero-order valence-electron chi connectivity index (χ0n) is 17.9. The first kappa shape index (κ1) is 22.3. The Balaban J connectivity index is 1.25. The summed E-state index contributed by atoms with van der Waals surface area (Å²) in [5, 5.41) is 4.01. The van der Waals surface area contributed by atoms with Gasteiger partial charge in [0, 0.05) is 17.5 Å². The maximum Gasteiger partial charge on any atom is 0.344 e. The number of benzene rings is 1. The number of urea groups is 1. The van der Waals surface area contributed by atoms with Gasteiger partial charge in [0.2, 0.25) is 0 Å². The highest BCUT2D eigenvalue weighted by atomic mass is 16.6. The van der Waals surface area contributed by atoms with Gasteiger partial charge in [0.05, 0.1) is 0 Å². The fourth-order valence-corrected chi connectivity index (χ4v) is 3.93. The van der Waals surface area contributed by atoms with Crippen molar-refractivity contribution in [3.8, 4) is 5.75 Å². The van der Waals surface area contributed by atoms with Crippen molar-refractivity contribution in [3.63, 3.8) is 0 Å². The normalized spacial score (nSPS) is 22.3. The summed E-state index contributed by atoms with van der Waals surface area (Å²) < 4.78 is 15.2. The molecule has 1 aromatic heterocycles. The van der Waals surface area contributed by atoms with Crippen LogP contribution < -0.4 is 21.1 Å². The van der Waals surface area contributed by atoms with E-state index in [4.69, 9.17) is 13.9 Å². The van der Waals surface area contributed by atoms with E-state index in [9.17, 15) is 24.0 Å². The molecule has 11 heteroatoms. The molecule has 4 rings (SSSR count). The molecular weight excluding hydrogens is 434 g/mol. The molecule has 1 spiro atoms. The zero-order valence-corrected chi connectivity index (χ0v) is 17.9. The molecule has 33 heavy (non-hydrogen) atoms. The van der Waals surface area contributed by atoms with Crippen molar-refractivity contribution in [2.45, 2.75) is 38.1 Å². The van der Waals surface area contributed by atoms with E-state index in [0.29, 0.717) is 34.7 Å². The molecule has 0 unspecified atom stereocenters. The second-order valence-corrected chi connectivity index (χ2v) is 8.27. The van der Waals surface area contributed by atoms with E-state index in [1.54, 1.807) is 18.2 Å². The maximum atomic E-state index is 12.7. The van der Waals surface area contributed by atoms with Crippen LogP contribution in [0.2, 0.25) is 0 Å². The molecule has 0 radical (unpaired) electrons. The van der Waals surface area contributed by atoms with Crippen LogP contribution >= 0.6 is 0 Å². The minimum Gasteiger partial charge on any atom is -0.482 e. The van der Waals surface area contributed by atoms with E-state index in [1.807, 2.05) is 0 Å². The molecule has 1 aromatic carbocycles. The fourth-order valence-electron chi connectivity index (χ4n) is 3.93. The second kappa shape index (κ2) is 8.93. The van der Waals surface area contributed by atoms with Crippen LogP contribution in [0.1, 0.15) is 32.6 Å². The van der Waals surface area contributed by atoms with Gasteiger partial charge in [0.25, 0.3) is 11.8 Å². The predicted molar refractivity (Wildman–Crippen MR) is 113 cm³/mol. The fraction of sp³-hybridized carbons (Fsp3) is 0.409. The van der Waals surface area contributed by atoms with E-state index in [2.05, 4.69) is 17.7 Å². The van der Waals surface area contributed by atoms with Gasteiger partial charge in [-0.1, -0.05) is 6.92 Å². The average Bonchev–Trinajstić information content (AvgIpc) is 3.02. The molecule has 2 aliphatic rings. The van der Waals surface area contributed by atoms with Gasteiger partial charge in [-0.15, -0.1) is 0 Å². The number of carbonyl (C=O) groups excluding carboxylic acids is 4. The molecular formula is C22H23N3O8. The van der Waals surface area contributed by atoms with Crippen molar-refractivity contribution in [1.29, 1.82) is 0 Å². The molecule has 2 heterocycles. The first-order valence-electron chi connectivity index (χ1n) is 10.5. The monoisotopic (exact) mass is 457 g/mol. The lowest BCUT2D eigenvalue weighted by molar-refractivity contribution is -0.152. The summed E-state index contributed by atoms with van der Waals surface area (Å²) in [5.74, 6) is -1.44. The number of hydrazine groups is 1. The summed E-state index contributed by atoms with van der Waals surface area (Å²) >= 11 is 0. The number of amides is 4. The SMILES string of the molecule is CC1CCC2(CC1)NC(=O)N(NC(=O)COC(=O)COc1ccc3ccc(=O)oc3c1)C2=O. The largest absolute Gasteiger partial charge is 0.482 e. The molecule has 2 fully saturated rings. The molecule has 4 amide bonds. The highest BCUT2D eigenvalue weighted by molar-refractivity contribution is 6.08. The van der Waals surface area contributed by atoms with E-state index < -0.39 is 48.2 Å². The van der Waals surface area contributed by atoms with Crippen molar-refractivity contribution >= 4 is 34.8 Å². The van der Waals surface area contributed by atoms with Gasteiger partial charge in [-0.3, -0.25) is 15.0 Å². The summed E-state index contributed by atoms with van der Waals surface area (Å²) in [7, 11) is 0. The molecule has 1 aliphatic heterocycles. The third-order valence-corrected chi connectivity index (χ3v) is 5.84. The highest BCUT2D eigenvalue weighted by Gasteiger charge is 2.52. The Morgan fingerprint density at radius 2 is 1.88 bits per heavy atom. The number of nitrogens with zero attached hydrogens (tertiary/aromatic N) is 1. The number of hydrogen-bond donors (Lipinski definition) is 2. The van der Waals surface area contributed by atoms with E-state index in [1.165, 1.54) is 12.1 Å². The van der Waals surface area contributed by atoms with Crippen LogP contribution in [-0.4, -0.2) is 47.6 Å². The molecule has 2 aromatic rings. The van der Waals surface area contributed by atoms with E-state index in [-0.39, 0.29) is 5.75 Å². The zero-order chi connectivity index (χ0) is 23.6. The quantitative estimate of drug-likeness (QED) is 0.375. The Morgan fingerprint density at radius 1 is 1.15 bits per heavy atom. The van der Waals surface area contributed by atoms with Gasteiger partial charge >= 0.3 is 17.6 Å². The van der Waals surface area contributed by atoms with Gasteiger partial charge in [0.15, 0.2) is 13.2 Å². The number of esters is 1. The lowest BCUT2D eigenvalue weighted by Gasteiger charge is -2.33. The summed E-state index contributed by atoms with van der Waals surface area (Å²) in [5.41, 5.74) is 0.986. The Morgan fingerprint density at radius 3 is 2.64 bits per heavy atom. The molecule has 1 aliphatic carbocycles. The first-order chi connectivity index (χ1) is 15.8. The van der Waals surface area contributed by atoms with Gasteiger partial charge in [-0.25, -0.2) is 14.4 Å². The van der Waals surface area contributed by atoms with Crippen LogP contribution in [0.15, 0.2) is 39.5 Å². The van der Waals surface area contributed by atoms with Crippen LogP contribution in [0.3, 0.4) is 0 Å². The Bertz CT molecular complexity index is 1170. The summed E-state index contributed by atoms with van der Waals surface area (Å²) in [6.45, 7) is 0.888. The van der Waals surface area contributed by atoms with Crippen LogP contribution in [-0.2, 0) is 19.1 Å². The van der Waals surface area contributed by atoms with Crippen LogP contribution in [0.4, 0.5) is 4.79 Å². The van der Waals surface area contributed by atoms with Crippen molar-refractivity contribution < 1.29 is 33.1 Å². The van der Waals surface area contributed by atoms with Crippen molar-refractivity contribution in [3.05, 3.63) is 40.8 Å². The Labute approximate surface area is 188 Å². The molecule has 1 saturated carbocycles. The van der Waals surface area contributed by atoms with Gasteiger partial charge in [-0.05, 0) is 49.8 Å². The molecule has 2 N–H and O–H groups in total. The topological polar surface area (TPSA) is 144 Å². The number of carbonyl (C=O) groups is 4. The molecule has 174 valence electrons.